The summed E-state index contributed by atoms with van der Waals surface area (Å²) in [5.74, 6) is 2.94. The number of nitrogens with two attached hydrogens (primary N) is 1. The lowest BCUT2D eigenvalue weighted by atomic mass is 10.1. The fourth-order valence-electron chi connectivity index (χ4n) is 2.38. The third-order valence-corrected chi connectivity index (χ3v) is 3.97. The Balaban J connectivity index is 1.75. The first kappa shape index (κ1) is 12.0. The van der Waals surface area contributed by atoms with Crippen molar-refractivity contribution in [3.63, 3.8) is 0 Å². The molecule has 0 aromatic carbocycles. The Morgan fingerprint density at radius 3 is 2.39 bits per heavy atom. The van der Waals surface area contributed by atoms with E-state index in [2.05, 4.69) is 16.0 Å². The van der Waals surface area contributed by atoms with Gasteiger partial charge >= 0.3 is 0 Å². The van der Waals surface area contributed by atoms with Gasteiger partial charge in [-0.25, -0.2) is 4.98 Å². The molecule has 1 aromatic heterocycles. The van der Waals surface area contributed by atoms with Gasteiger partial charge in [-0.05, 0) is 62.1 Å². The second kappa shape index (κ2) is 4.88. The summed E-state index contributed by atoms with van der Waals surface area (Å²) in [4.78, 5) is 7.04. The molecular weight excluding hydrogens is 222 g/mol. The van der Waals surface area contributed by atoms with Crippen molar-refractivity contribution >= 4 is 5.82 Å². The predicted molar refractivity (Wildman–Crippen MR) is 74.5 cm³/mol. The fourth-order valence-corrected chi connectivity index (χ4v) is 2.38. The van der Waals surface area contributed by atoms with Gasteiger partial charge in [-0.3, -0.25) is 0 Å². The van der Waals surface area contributed by atoms with Crippen LogP contribution in [0, 0.1) is 11.8 Å². The maximum atomic E-state index is 5.96. The average molecular weight is 245 g/mol. The molecular formula is C15H23N3. The van der Waals surface area contributed by atoms with Gasteiger partial charge in [0.25, 0.3) is 0 Å². The van der Waals surface area contributed by atoms with E-state index < -0.39 is 0 Å². The van der Waals surface area contributed by atoms with Crippen molar-refractivity contribution in [3.05, 3.63) is 23.9 Å². The summed E-state index contributed by atoms with van der Waals surface area (Å²) in [5, 5.41) is 0. The third-order valence-electron chi connectivity index (χ3n) is 3.97. The molecule has 1 heterocycles. The molecule has 1 aromatic rings. The van der Waals surface area contributed by atoms with E-state index in [0.717, 1.165) is 17.7 Å². The summed E-state index contributed by atoms with van der Waals surface area (Å²) >= 11 is 0. The van der Waals surface area contributed by atoms with Crippen molar-refractivity contribution in [2.24, 2.45) is 17.6 Å². The molecule has 0 unspecified atom stereocenters. The number of pyridine rings is 1. The Morgan fingerprint density at radius 2 is 1.89 bits per heavy atom. The Kier molecular flexibility index (Phi) is 3.25. The first-order valence-electron chi connectivity index (χ1n) is 7.19. The highest BCUT2D eigenvalue weighted by Crippen LogP contribution is 2.35. The number of aromatic nitrogens is 1. The van der Waals surface area contributed by atoms with Crippen LogP contribution in [0.25, 0.3) is 0 Å². The second-order valence-corrected chi connectivity index (χ2v) is 6.03. The van der Waals surface area contributed by atoms with Gasteiger partial charge in [0, 0.05) is 25.3 Å². The fraction of sp³-hybridized carbons (Fsp3) is 0.667. The van der Waals surface area contributed by atoms with Gasteiger partial charge < -0.3 is 10.6 Å². The molecule has 18 heavy (non-hydrogen) atoms. The summed E-state index contributed by atoms with van der Waals surface area (Å²) in [6.45, 7) is 4.41. The third kappa shape index (κ3) is 3.02. The molecule has 98 valence electrons. The monoisotopic (exact) mass is 245 g/mol. The zero-order valence-corrected chi connectivity index (χ0v) is 11.2. The predicted octanol–water partition coefficient (Wildman–Crippen LogP) is 2.73. The van der Waals surface area contributed by atoms with Crippen LogP contribution in [0.3, 0.4) is 0 Å². The van der Waals surface area contributed by atoms with E-state index in [4.69, 9.17) is 5.73 Å². The van der Waals surface area contributed by atoms with Gasteiger partial charge in [-0.2, -0.15) is 0 Å². The maximum absolute atomic E-state index is 5.96. The highest BCUT2D eigenvalue weighted by atomic mass is 15.2. The van der Waals surface area contributed by atoms with E-state index in [1.807, 2.05) is 19.2 Å². The van der Waals surface area contributed by atoms with Crippen molar-refractivity contribution in [1.82, 2.24) is 4.98 Å². The largest absolute Gasteiger partial charge is 0.356 e. The first-order chi connectivity index (χ1) is 8.72. The normalized spacial score (nSPS) is 20.8. The van der Waals surface area contributed by atoms with Crippen LogP contribution < -0.4 is 10.6 Å². The van der Waals surface area contributed by atoms with Crippen molar-refractivity contribution < 1.29 is 0 Å². The standard InChI is InChI=1S/C15H23N3/c1-11(16)14-6-7-17-15(8-14)18(9-12-2-3-12)10-13-4-5-13/h6-8,11-13H,2-5,9-10,16H2,1H3/t11-/m0/s1. The number of hydrogen-bond acceptors (Lipinski definition) is 3. The van der Waals surface area contributed by atoms with Gasteiger partial charge in [0.2, 0.25) is 0 Å². The Hall–Kier alpha value is -1.09. The van der Waals surface area contributed by atoms with E-state index >= 15 is 0 Å². The van der Waals surface area contributed by atoms with E-state index in [-0.39, 0.29) is 6.04 Å². The summed E-state index contributed by atoms with van der Waals surface area (Å²) in [7, 11) is 0. The highest BCUT2D eigenvalue weighted by molar-refractivity contribution is 5.42. The molecule has 0 spiro atoms. The van der Waals surface area contributed by atoms with E-state index in [1.54, 1.807) is 0 Å². The lowest BCUT2D eigenvalue weighted by molar-refractivity contribution is 0.670. The Morgan fingerprint density at radius 1 is 1.28 bits per heavy atom. The zero-order chi connectivity index (χ0) is 12.5. The van der Waals surface area contributed by atoms with Gasteiger partial charge in [0.05, 0.1) is 0 Å². The van der Waals surface area contributed by atoms with Crippen LogP contribution in [0.4, 0.5) is 5.82 Å². The highest BCUT2D eigenvalue weighted by Gasteiger charge is 2.29. The van der Waals surface area contributed by atoms with Crippen LogP contribution in [0.2, 0.25) is 0 Å². The summed E-state index contributed by atoms with van der Waals surface area (Å²) < 4.78 is 0. The molecule has 2 fully saturated rings. The van der Waals surface area contributed by atoms with Crippen molar-refractivity contribution in [2.75, 3.05) is 18.0 Å². The van der Waals surface area contributed by atoms with Gasteiger partial charge in [-0.15, -0.1) is 0 Å². The summed E-state index contributed by atoms with van der Waals surface area (Å²) in [6.07, 6.45) is 7.49. The Bertz CT molecular complexity index is 394. The molecule has 2 aliphatic carbocycles. The Labute approximate surface area is 109 Å². The van der Waals surface area contributed by atoms with Crippen LogP contribution in [-0.4, -0.2) is 18.1 Å². The van der Waals surface area contributed by atoms with Crippen LogP contribution in [0.1, 0.15) is 44.2 Å². The molecule has 0 amide bonds. The van der Waals surface area contributed by atoms with Crippen LogP contribution in [0.15, 0.2) is 18.3 Å². The molecule has 0 saturated heterocycles. The number of nitrogens with zero attached hydrogens (tertiary/aromatic N) is 2. The van der Waals surface area contributed by atoms with E-state index in [9.17, 15) is 0 Å². The molecule has 0 bridgehead atoms. The second-order valence-electron chi connectivity index (χ2n) is 6.03. The SMILES string of the molecule is C[C@H](N)c1ccnc(N(CC2CC2)CC2CC2)c1. The minimum absolute atomic E-state index is 0.0930. The minimum Gasteiger partial charge on any atom is -0.356 e. The smallest absolute Gasteiger partial charge is 0.128 e. The molecule has 2 saturated carbocycles. The molecule has 0 radical (unpaired) electrons. The van der Waals surface area contributed by atoms with Crippen LogP contribution in [-0.2, 0) is 0 Å². The minimum atomic E-state index is 0.0930. The van der Waals surface area contributed by atoms with Crippen molar-refractivity contribution in [2.45, 2.75) is 38.6 Å². The van der Waals surface area contributed by atoms with Gasteiger partial charge in [0.1, 0.15) is 5.82 Å². The van der Waals surface area contributed by atoms with Gasteiger partial charge in [0.15, 0.2) is 0 Å². The molecule has 0 aliphatic heterocycles. The first-order valence-corrected chi connectivity index (χ1v) is 7.19. The van der Waals surface area contributed by atoms with Crippen molar-refractivity contribution in [1.29, 1.82) is 0 Å². The molecule has 1 atom stereocenters. The van der Waals surface area contributed by atoms with Crippen LogP contribution in [0.5, 0.6) is 0 Å². The average Bonchev–Trinajstić information content (AvgIpc) is 3.23. The quantitative estimate of drug-likeness (QED) is 0.838. The maximum Gasteiger partial charge on any atom is 0.128 e. The van der Waals surface area contributed by atoms with Crippen LogP contribution >= 0.6 is 0 Å². The molecule has 3 nitrogen and oxygen atoms in total. The lowest BCUT2D eigenvalue weighted by Gasteiger charge is -2.24. The lowest BCUT2D eigenvalue weighted by Crippen LogP contribution is -2.29. The van der Waals surface area contributed by atoms with E-state index in [0.29, 0.717) is 0 Å². The molecule has 3 heteroatoms. The van der Waals surface area contributed by atoms with E-state index in [1.165, 1.54) is 44.3 Å². The van der Waals surface area contributed by atoms with Gasteiger partial charge in [-0.1, -0.05) is 0 Å². The number of rotatable bonds is 6. The number of hydrogen-bond donors (Lipinski definition) is 1. The topological polar surface area (TPSA) is 42.1 Å². The number of anilines is 1. The summed E-state index contributed by atoms with van der Waals surface area (Å²) in [5.41, 5.74) is 7.15. The molecule has 3 rings (SSSR count). The zero-order valence-electron chi connectivity index (χ0n) is 11.2. The van der Waals surface area contributed by atoms with Crippen molar-refractivity contribution in [3.8, 4) is 0 Å². The molecule has 2 aliphatic rings. The molecule has 2 N–H and O–H groups in total. The summed E-state index contributed by atoms with van der Waals surface area (Å²) in [6, 6.07) is 4.30.